The Bertz CT molecular complexity index is 1220. The van der Waals surface area contributed by atoms with Crippen molar-refractivity contribution >= 4 is 35.4 Å². The van der Waals surface area contributed by atoms with Gasteiger partial charge in [0.2, 0.25) is 5.91 Å². The second-order valence-corrected chi connectivity index (χ2v) is 8.90. The van der Waals surface area contributed by atoms with Gasteiger partial charge in [0.25, 0.3) is 5.91 Å². The number of amides is 2. The molecule has 1 aliphatic heterocycles. The number of thioether (sulfide) groups is 1. The average molecular weight is 493 g/mol. The normalized spacial score (nSPS) is 13.7. The second-order valence-electron chi connectivity index (χ2n) is 7.81. The number of primary amides is 1. The van der Waals surface area contributed by atoms with Gasteiger partial charge < -0.3 is 20.7 Å². The number of benzene rings is 1. The number of nitriles is 2. The van der Waals surface area contributed by atoms with Gasteiger partial charge in [0.1, 0.15) is 28.2 Å². The maximum Gasteiger partial charge on any atom is 0.303 e. The first-order valence-corrected chi connectivity index (χ1v) is 11.7. The fraction of sp³-hybridized carbons (Fsp3) is 0.333. The van der Waals surface area contributed by atoms with Gasteiger partial charge in [-0.15, -0.1) is 0 Å². The number of pyridine rings is 1. The molecule has 1 unspecified atom stereocenters. The van der Waals surface area contributed by atoms with Gasteiger partial charge in [-0.05, 0) is 17.5 Å². The topological polar surface area (TPSA) is 162 Å². The quantitative estimate of drug-likeness (QED) is 0.391. The van der Waals surface area contributed by atoms with Crippen LogP contribution < -0.4 is 16.0 Å². The lowest BCUT2D eigenvalue weighted by atomic mass is 10.00. The molecular formula is C24H24N6O4S. The summed E-state index contributed by atoms with van der Waals surface area (Å²) in [5.41, 5.74) is 7.42. The fourth-order valence-corrected chi connectivity index (χ4v) is 4.77. The number of carbonyl (C=O) groups excluding carboxylic acids is 3. The van der Waals surface area contributed by atoms with Gasteiger partial charge in [-0.1, -0.05) is 49.0 Å². The molecule has 35 heavy (non-hydrogen) atoms. The molecule has 3 rings (SSSR count). The van der Waals surface area contributed by atoms with Crippen molar-refractivity contribution in [3.63, 3.8) is 0 Å². The van der Waals surface area contributed by atoms with Crippen LogP contribution in [0.2, 0.25) is 0 Å². The summed E-state index contributed by atoms with van der Waals surface area (Å²) < 4.78 is 4.69. The first kappa shape index (κ1) is 25.5. The third-order valence-electron chi connectivity index (χ3n) is 5.37. The molecule has 0 spiro atoms. The molecule has 3 N–H and O–H groups in total. The number of hydrogen-bond donors (Lipinski definition) is 2. The maximum absolute atomic E-state index is 12.3. The predicted octanol–water partition coefficient (Wildman–Crippen LogP) is 1.57. The van der Waals surface area contributed by atoms with Crippen molar-refractivity contribution < 1.29 is 19.1 Å². The summed E-state index contributed by atoms with van der Waals surface area (Å²) >= 11 is 1.07. The van der Waals surface area contributed by atoms with Crippen molar-refractivity contribution in [1.29, 1.82) is 10.5 Å². The molecule has 2 aromatic rings. The van der Waals surface area contributed by atoms with Crippen LogP contribution in [0.5, 0.6) is 0 Å². The molecule has 1 aromatic carbocycles. The van der Waals surface area contributed by atoms with Crippen LogP contribution in [0.1, 0.15) is 41.4 Å². The van der Waals surface area contributed by atoms with E-state index in [4.69, 9.17) is 10.5 Å². The Kier molecular flexibility index (Phi) is 8.29. The summed E-state index contributed by atoms with van der Waals surface area (Å²) in [6, 6.07) is 13.1. The second kappa shape index (κ2) is 11.4. The van der Waals surface area contributed by atoms with E-state index in [0.29, 0.717) is 41.5 Å². The zero-order valence-corrected chi connectivity index (χ0v) is 20.1. The Morgan fingerprint density at radius 1 is 1.23 bits per heavy atom. The molecule has 1 atom stereocenters. The summed E-state index contributed by atoms with van der Waals surface area (Å²) in [5.74, 6) is -1.16. The zero-order chi connectivity index (χ0) is 25.5. The number of carbonyl (C=O) groups is 3. The Balaban J connectivity index is 1.90. The van der Waals surface area contributed by atoms with Crippen molar-refractivity contribution in [1.82, 2.24) is 10.3 Å². The van der Waals surface area contributed by atoms with Gasteiger partial charge in [0.05, 0.1) is 17.2 Å². The summed E-state index contributed by atoms with van der Waals surface area (Å²) in [5, 5.41) is 22.0. The fourth-order valence-electron chi connectivity index (χ4n) is 3.71. The van der Waals surface area contributed by atoms with Gasteiger partial charge in [-0.2, -0.15) is 10.5 Å². The van der Waals surface area contributed by atoms with Crippen LogP contribution in [-0.2, 0) is 25.5 Å². The van der Waals surface area contributed by atoms with Crippen LogP contribution >= 0.6 is 11.8 Å². The highest BCUT2D eigenvalue weighted by atomic mass is 32.2. The smallest absolute Gasteiger partial charge is 0.303 e. The monoisotopic (exact) mass is 492 g/mol. The number of esters is 1. The van der Waals surface area contributed by atoms with Crippen LogP contribution in [0, 0.1) is 22.7 Å². The van der Waals surface area contributed by atoms with Crippen molar-refractivity contribution in [2.45, 2.75) is 36.6 Å². The number of anilines is 1. The minimum Gasteiger partial charge on any atom is -0.456 e. The van der Waals surface area contributed by atoms with Crippen molar-refractivity contribution in [2.24, 2.45) is 5.73 Å². The van der Waals surface area contributed by atoms with E-state index in [1.165, 1.54) is 6.92 Å². The minimum absolute atomic E-state index is 0.217. The molecule has 2 amide bonds. The summed E-state index contributed by atoms with van der Waals surface area (Å²) in [6.45, 7) is 3.46. The van der Waals surface area contributed by atoms with E-state index >= 15 is 0 Å². The molecule has 1 aliphatic rings. The molecule has 0 bridgehead atoms. The van der Waals surface area contributed by atoms with Crippen LogP contribution in [-0.4, -0.2) is 48.5 Å². The number of ether oxygens (including phenoxy) is 1. The largest absolute Gasteiger partial charge is 0.456 e. The van der Waals surface area contributed by atoms with Crippen LogP contribution in [0.3, 0.4) is 0 Å². The molecule has 180 valence electrons. The number of hydrogen-bond acceptors (Lipinski definition) is 9. The predicted molar refractivity (Wildman–Crippen MR) is 128 cm³/mol. The SMILES string of the molecule is CCc1c(C#N)c(SC(C(N)=O)c2ccccc2)nc(N2CC(NC(=O)COC(C)=O)C2)c1C#N. The Morgan fingerprint density at radius 2 is 1.89 bits per heavy atom. The van der Waals surface area contributed by atoms with Crippen LogP contribution in [0.4, 0.5) is 5.82 Å². The molecule has 0 aliphatic carbocycles. The van der Waals surface area contributed by atoms with Crippen molar-refractivity contribution in [2.75, 3.05) is 24.6 Å². The van der Waals surface area contributed by atoms with Gasteiger partial charge in [-0.3, -0.25) is 14.4 Å². The van der Waals surface area contributed by atoms with Crippen molar-refractivity contribution in [3.8, 4) is 12.1 Å². The van der Waals surface area contributed by atoms with E-state index in [9.17, 15) is 24.9 Å². The lowest BCUT2D eigenvalue weighted by Crippen LogP contribution is -2.60. The molecule has 11 heteroatoms. The van der Waals surface area contributed by atoms with Gasteiger partial charge >= 0.3 is 5.97 Å². The summed E-state index contributed by atoms with van der Waals surface area (Å²) in [4.78, 5) is 41.5. The molecule has 1 saturated heterocycles. The first-order valence-electron chi connectivity index (χ1n) is 10.8. The molecule has 10 nitrogen and oxygen atoms in total. The average Bonchev–Trinajstić information content (AvgIpc) is 2.82. The van der Waals surface area contributed by atoms with Gasteiger partial charge in [-0.25, -0.2) is 4.98 Å². The Morgan fingerprint density at radius 3 is 2.43 bits per heavy atom. The number of nitrogens with one attached hydrogen (secondary N) is 1. The molecule has 2 heterocycles. The number of aromatic nitrogens is 1. The Labute approximate surface area is 207 Å². The lowest BCUT2D eigenvalue weighted by Gasteiger charge is -2.41. The third kappa shape index (κ3) is 5.89. The van der Waals surface area contributed by atoms with Gasteiger partial charge in [0, 0.05) is 20.0 Å². The van der Waals surface area contributed by atoms with E-state index < -0.39 is 23.0 Å². The highest BCUT2D eigenvalue weighted by Crippen LogP contribution is 2.40. The van der Waals surface area contributed by atoms with E-state index in [1.807, 2.05) is 17.9 Å². The molecule has 1 aromatic heterocycles. The van der Waals surface area contributed by atoms with E-state index in [0.717, 1.165) is 11.8 Å². The van der Waals surface area contributed by atoms with E-state index in [1.54, 1.807) is 24.3 Å². The van der Waals surface area contributed by atoms with E-state index in [-0.39, 0.29) is 23.8 Å². The maximum atomic E-state index is 12.3. The van der Waals surface area contributed by atoms with Crippen LogP contribution in [0.25, 0.3) is 0 Å². The standard InChI is InChI=1S/C24H24N6O4S/c1-3-17-18(9-25)23(30-11-16(12-30)28-20(32)13-34-14(2)31)29-24(19(17)10-26)35-21(22(27)33)15-7-5-4-6-8-15/h4-8,16,21H,3,11-13H2,1-2H3,(H2,27,33)(H,28,32). The Hall–Kier alpha value is -4.09. The molecular weight excluding hydrogens is 468 g/mol. The summed E-state index contributed by atoms with van der Waals surface area (Å²) in [7, 11) is 0. The lowest BCUT2D eigenvalue weighted by molar-refractivity contribution is -0.146. The summed E-state index contributed by atoms with van der Waals surface area (Å²) in [6.07, 6.45) is 0.415. The zero-order valence-electron chi connectivity index (χ0n) is 19.3. The van der Waals surface area contributed by atoms with E-state index in [2.05, 4.69) is 22.4 Å². The number of nitrogens with zero attached hydrogens (tertiary/aromatic N) is 4. The highest BCUT2D eigenvalue weighted by molar-refractivity contribution is 8.00. The molecule has 1 fully saturated rings. The number of nitrogens with two attached hydrogens (primary N) is 1. The van der Waals surface area contributed by atoms with Crippen molar-refractivity contribution in [3.05, 3.63) is 52.6 Å². The molecule has 0 saturated carbocycles. The van der Waals surface area contributed by atoms with Gasteiger partial charge in [0.15, 0.2) is 6.61 Å². The first-order chi connectivity index (χ1) is 16.8. The highest BCUT2D eigenvalue weighted by Gasteiger charge is 2.33. The minimum atomic E-state index is -0.772. The third-order valence-corrected chi connectivity index (χ3v) is 6.63. The number of rotatable bonds is 9. The molecule has 0 radical (unpaired) electrons. The van der Waals surface area contributed by atoms with Crippen LogP contribution in [0.15, 0.2) is 35.4 Å².